The van der Waals surface area contributed by atoms with E-state index < -0.39 is 11.9 Å². The standard InChI is InChI=1S/C14H16B2N4O3/c1-5-18-12-7(16)4-6(15)11(17)10(12)14(23)20(5)8-2-3-9(21)19-13(8)22/h4,8H,2-3,15-17H2,1H3,(H,19,21,22). The van der Waals surface area contributed by atoms with E-state index in [0.717, 1.165) is 10.9 Å². The fraction of sp³-hybridized carbons (Fsp3) is 0.286. The van der Waals surface area contributed by atoms with Crippen LogP contribution in [0.2, 0.25) is 0 Å². The van der Waals surface area contributed by atoms with E-state index in [4.69, 9.17) is 5.73 Å². The summed E-state index contributed by atoms with van der Waals surface area (Å²) in [5.41, 5.74) is 8.34. The maximum Gasteiger partial charge on any atom is 0.264 e. The molecule has 2 amide bonds. The van der Waals surface area contributed by atoms with Gasteiger partial charge < -0.3 is 5.73 Å². The summed E-state index contributed by atoms with van der Waals surface area (Å²) < 4.78 is 1.35. The molecule has 1 unspecified atom stereocenters. The molecule has 0 bridgehead atoms. The van der Waals surface area contributed by atoms with Crippen LogP contribution in [0.4, 0.5) is 5.69 Å². The number of nitrogens with one attached hydrogen (secondary N) is 1. The van der Waals surface area contributed by atoms with Gasteiger partial charge >= 0.3 is 0 Å². The van der Waals surface area contributed by atoms with Gasteiger partial charge in [0.2, 0.25) is 11.8 Å². The van der Waals surface area contributed by atoms with Crippen molar-refractivity contribution in [3.05, 3.63) is 22.2 Å². The van der Waals surface area contributed by atoms with E-state index in [0.29, 0.717) is 22.4 Å². The van der Waals surface area contributed by atoms with E-state index >= 15 is 0 Å². The number of nitrogens with zero attached hydrogens (tertiary/aromatic N) is 2. The van der Waals surface area contributed by atoms with Crippen LogP contribution in [0.15, 0.2) is 10.9 Å². The minimum absolute atomic E-state index is 0.197. The Balaban J connectivity index is 2.31. The number of benzene rings is 1. The summed E-state index contributed by atoms with van der Waals surface area (Å²) in [5.74, 6) is -0.365. The number of hydrogen-bond donors (Lipinski definition) is 2. The first-order valence-electron chi connectivity index (χ1n) is 7.43. The number of nitrogen functional groups attached to an aromatic ring is 1. The van der Waals surface area contributed by atoms with Crippen molar-refractivity contribution in [3.63, 3.8) is 0 Å². The molecule has 0 aliphatic carbocycles. The van der Waals surface area contributed by atoms with Crippen molar-refractivity contribution in [3.8, 4) is 0 Å². The lowest BCUT2D eigenvalue weighted by molar-refractivity contribution is -0.135. The summed E-state index contributed by atoms with van der Waals surface area (Å²) in [7, 11) is 3.70. The molecular weight excluding hydrogens is 294 g/mol. The Morgan fingerprint density at radius 2 is 2.00 bits per heavy atom. The number of amides is 2. The van der Waals surface area contributed by atoms with Crippen LogP contribution in [0.5, 0.6) is 0 Å². The van der Waals surface area contributed by atoms with Gasteiger partial charge in [0.1, 0.15) is 27.6 Å². The average molecular weight is 310 g/mol. The maximum absolute atomic E-state index is 13.0. The number of imide groups is 1. The molecule has 1 aromatic carbocycles. The van der Waals surface area contributed by atoms with E-state index in [1.54, 1.807) is 6.92 Å². The predicted molar refractivity (Wildman–Crippen MR) is 92.9 cm³/mol. The summed E-state index contributed by atoms with van der Waals surface area (Å²) >= 11 is 0. The lowest BCUT2D eigenvalue weighted by Gasteiger charge is -2.25. The number of aryl methyl sites for hydroxylation is 1. The monoisotopic (exact) mass is 310 g/mol. The third kappa shape index (κ3) is 2.32. The van der Waals surface area contributed by atoms with Crippen molar-refractivity contribution in [1.82, 2.24) is 14.9 Å². The SMILES string of the molecule is Bc1cc(B)c2nc(C)n(C3CCC(=O)NC3=O)c(=O)c2c1N. The zero-order valence-corrected chi connectivity index (χ0v) is 13.3. The third-order valence-corrected chi connectivity index (χ3v) is 4.31. The number of anilines is 1. The van der Waals surface area contributed by atoms with E-state index in [2.05, 4.69) is 10.3 Å². The first-order chi connectivity index (χ1) is 10.8. The Morgan fingerprint density at radius 1 is 1.30 bits per heavy atom. The molecule has 0 spiro atoms. The maximum atomic E-state index is 13.0. The number of nitrogens with two attached hydrogens (primary N) is 1. The molecule has 23 heavy (non-hydrogen) atoms. The van der Waals surface area contributed by atoms with Gasteiger partial charge in [-0.2, -0.15) is 0 Å². The van der Waals surface area contributed by atoms with E-state index in [-0.39, 0.29) is 24.3 Å². The van der Waals surface area contributed by atoms with Gasteiger partial charge in [0.15, 0.2) is 0 Å². The normalized spacial score (nSPS) is 18.2. The number of rotatable bonds is 1. The minimum Gasteiger partial charge on any atom is -0.398 e. The molecule has 1 saturated heterocycles. The number of fused-ring (bicyclic) bond motifs is 1. The Labute approximate surface area is 134 Å². The highest BCUT2D eigenvalue weighted by molar-refractivity contribution is 6.45. The number of hydrogen-bond acceptors (Lipinski definition) is 5. The van der Waals surface area contributed by atoms with Crippen molar-refractivity contribution >= 4 is 55.0 Å². The van der Waals surface area contributed by atoms with E-state index in [1.165, 1.54) is 4.57 Å². The Kier molecular flexibility index (Phi) is 3.50. The van der Waals surface area contributed by atoms with E-state index in [1.807, 2.05) is 21.8 Å². The quantitative estimate of drug-likeness (QED) is 0.327. The van der Waals surface area contributed by atoms with Gasteiger partial charge in [-0.25, -0.2) is 4.98 Å². The Morgan fingerprint density at radius 3 is 2.65 bits per heavy atom. The molecule has 116 valence electrons. The summed E-state index contributed by atoms with van der Waals surface area (Å²) in [6.07, 6.45) is 0.478. The predicted octanol–water partition coefficient (Wildman–Crippen LogP) is -3.22. The molecule has 2 aromatic rings. The van der Waals surface area contributed by atoms with Crippen LogP contribution in [0.25, 0.3) is 10.9 Å². The summed E-state index contributed by atoms with van der Waals surface area (Å²) in [6, 6.07) is 1.15. The molecule has 3 rings (SSSR count). The van der Waals surface area contributed by atoms with Crippen LogP contribution in [-0.2, 0) is 9.59 Å². The fourth-order valence-electron chi connectivity index (χ4n) is 3.13. The van der Waals surface area contributed by atoms with Gasteiger partial charge in [-0.05, 0) is 13.3 Å². The highest BCUT2D eigenvalue weighted by Crippen LogP contribution is 2.20. The van der Waals surface area contributed by atoms with Crippen molar-refractivity contribution in [2.75, 3.05) is 5.73 Å². The first-order valence-corrected chi connectivity index (χ1v) is 7.43. The van der Waals surface area contributed by atoms with Crippen molar-refractivity contribution in [1.29, 1.82) is 0 Å². The molecule has 1 aromatic heterocycles. The average Bonchev–Trinajstić information content (AvgIpc) is 2.46. The minimum atomic E-state index is -0.739. The van der Waals surface area contributed by atoms with Gasteiger partial charge in [-0.1, -0.05) is 17.0 Å². The van der Waals surface area contributed by atoms with Crippen molar-refractivity contribution in [2.24, 2.45) is 0 Å². The van der Waals surface area contributed by atoms with Gasteiger partial charge in [0.25, 0.3) is 5.56 Å². The molecule has 0 saturated carbocycles. The zero-order valence-electron chi connectivity index (χ0n) is 13.3. The molecular formula is C14H16B2N4O3. The fourth-order valence-corrected chi connectivity index (χ4v) is 3.13. The largest absolute Gasteiger partial charge is 0.398 e. The number of carbonyl (C=O) groups is 2. The van der Waals surface area contributed by atoms with Crippen LogP contribution in [0, 0.1) is 6.92 Å². The van der Waals surface area contributed by atoms with Gasteiger partial charge in [0.05, 0.1) is 10.9 Å². The second kappa shape index (κ2) is 5.26. The zero-order chi connectivity index (χ0) is 16.9. The van der Waals surface area contributed by atoms with Gasteiger partial charge in [-0.15, -0.1) is 0 Å². The van der Waals surface area contributed by atoms with Crippen molar-refractivity contribution < 1.29 is 9.59 Å². The molecule has 0 radical (unpaired) electrons. The highest BCUT2D eigenvalue weighted by atomic mass is 16.2. The molecule has 1 aliphatic heterocycles. The lowest BCUT2D eigenvalue weighted by atomic mass is 9.83. The molecule has 2 heterocycles. The molecule has 7 nitrogen and oxygen atoms in total. The van der Waals surface area contributed by atoms with Crippen LogP contribution >= 0.6 is 0 Å². The number of piperidine rings is 1. The summed E-state index contributed by atoms with van der Waals surface area (Å²) in [6.45, 7) is 1.68. The highest BCUT2D eigenvalue weighted by Gasteiger charge is 2.30. The molecule has 1 aliphatic rings. The van der Waals surface area contributed by atoms with Crippen molar-refractivity contribution in [2.45, 2.75) is 25.8 Å². The van der Waals surface area contributed by atoms with E-state index in [9.17, 15) is 14.4 Å². The molecule has 1 atom stereocenters. The smallest absolute Gasteiger partial charge is 0.264 e. The number of aromatic nitrogens is 2. The number of carbonyl (C=O) groups excluding carboxylic acids is 2. The second-order valence-electron chi connectivity index (χ2n) is 5.95. The summed E-state index contributed by atoms with van der Waals surface area (Å²) in [5, 5.41) is 2.60. The first kappa shape index (κ1) is 15.3. The lowest BCUT2D eigenvalue weighted by Crippen LogP contribution is -2.45. The summed E-state index contributed by atoms with van der Waals surface area (Å²) in [4.78, 5) is 40.9. The third-order valence-electron chi connectivity index (χ3n) is 4.31. The van der Waals surface area contributed by atoms with Gasteiger partial charge in [-0.3, -0.25) is 24.3 Å². The van der Waals surface area contributed by atoms with Crippen LogP contribution in [-0.4, -0.2) is 37.1 Å². The topological polar surface area (TPSA) is 107 Å². The van der Waals surface area contributed by atoms with Crippen LogP contribution in [0.3, 0.4) is 0 Å². The Bertz CT molecular complexity index is 923. The van der Waals surface area contributed by atoms with Gasteiger partial charge in [0, 0.05) is 12.1 Å². The molecule has 1 fully saturated rings. The van der Waals surface area contributed by atoms with Crippen LogP contribution < -0.4 is 27.5 Å². The Hall–Kier alpha value is -2.57. The molecule has 9 heteroatoms. The van der Waals surface area contributed by atoms with Crippen LogP contribution in [0.1, 0.15) is 24.7 Å². The second-order valence-corrected chi connectivity index (χ2v) is 5.95. The molecule has 3 N–H and O–H groups in total.